The highest BCUT2D eigenvalue weighted by molar-refractivity contribution is 4.67. The lowest BCUT2D eigenvalue weighted by Gasteiger charge is -2.24. The molecule has 0 aromatic carbocycles. The molecule has 0 aliphatic rings. The lowest BCUT2D eigenvalue weighted by Crippen LogP contribution is -2.13. The van der Waals surface area contributed by atoms with Crippen LogP contribution in [0.1, 0.15) is 93.4 Å². The highest BCUT2D eigenvalue weighted by Gasteiger charge is 2.16. The first kappa shape index (κ1) is 19.0. The van der Waals surface area contributed by atoms with E-state index in [1.165, 1.54) is 44.9 Å². The Hall–Kier alpha value is 0. The van der Waals surface area contributed by atoms with Crippen molar-refractivity contribution in [2.45, 2.75) is 93.4 Å². The summed E-state index contributed by atoms with van der Waals surface area (Å²) in [6.07, 6.45) is 9.90. The third kappa shape index (κ3) is 9.52. The summed E-state index contributed by atoms with van der Waals surface area (Å²) in [5.74, 6) is 4.47. The van der Waals surface area contributed by atoms with Crippen LogP contribution in [0.4, 0.5) is 0 Å². The van der Waals surface area contributed by atoms with E-state index < -0.39 is 0 Å². The Labute approximate surface area is 123 Å². The Morgan fingerprint density at radius 1 is 0.579 bits per heavy atom. The van der Waals surface area contributed by atoms with E-state index in [0.29, 0.717) is 0 Å². The van der Waals surface area contributed by atoms with Gasteiger partial charge in [-0.3, -0.25) is 0 Å². The molecule has 0 N–H and O–H groups in total. The van der Waals surface area contributed by atoms with Crippen LogP contribution in [-0.2, 0) is 0 Å². The van der Waals surface area contributed by atoms with Crippen molar-refractivity contribution in [1.82, 2.24) is 0 Å². The molecule has 116 valence electrons. The zero-order chi connectivity index (χ0) is 14.8. The van der Waals surface area contributed by atoms with E-state index >= 15 is 0 Å². The molecule has 0 radical (unpaired) electrons. The summed E-state index contributed by atoms with van der Waals surface area (Å²) >= 11 is 0. The fourth-order valence-corrected chi connectivity index (χ4v) is 2.67. The van der Waals surface area contributed by atoms with Gasteiger partial charge in [0.25, 0.3) is 0 Å². The minimum Gasteiger partial charge on any atom is -0.0654 e. The van der Waals surface area contributed by atoms with E-state index in [0.717, 1.165) is 29.6 Å². The maximum atomic E-state index is 2.47. The van der Waals surface area contributed by atoms with Gasteiger partial charge in [-0.25, -0.2) is 0 Å². The molecule has 0 saturated carbocycles. The van der Waals surface area contributed by atoms with Crippen LogP contribution in [0.15, 0.2) is 0 Å². The third-order valence-electron chi connectivity index (χ3n) is 5.35. The lowest BCUT2D eigenvalue weighted by molar-refractivity contribution is 0.275. The van der Waals surface area contributed by atoms with Gasteiger partial charge in [0.05, 0.1) is 0 Å². The molecule has 0 heteroatoms. The number of hydrogen-bond acceptors (Lipinski definition) is 0. The summed E-state index contributed by atoms with van der Waals surface area (Å²) in [7, 11) is 0. The van der Waals surface area contributed by atoms with Gasteiger partial charge in [-0.05, 0) is 29.6 Å². The highest BCUT2D eigenvalue weighted by Crippen LogP contribution is 2.27. The van der Waals surface area contributed by atoms with Gasteiger partial charge in [-0.15, -0.1) is 0 Å². The van der Waals surface area contributed by atoms with Crippen molar-refractivity contribution >= 4 is 0 Å². The summed E-state index contributed by atoms with van der Waals surface area (Å²) < 4.78 is 0. The normalized spacial score (nSPS) is 18.3. The molecule has 0 aromatic heterocycles. The van der Waals surface area contributed by atoms with Gasteiger partial charge in [0.1, 0.15) is 0 Å². The minimum absolute atomic E-state index is 0.844. The van der Waals surface area contributed by atoms with Crippen molar-refractivity contribution in [2.24, 2.45) is 29.6 Å². The molecule has 0 heterocycles. The molecule has 19 heavy (non-hydrogen) atoms. The quantitative estimate of drug-likeness (QED) is 0.381. The third-order valence-corrected chi connectivity index (χ3v) is 5.35. The molecule has 0 nitrogen and oxygen atoms in total. The number of rotatable bonds is 11. The average molecular weight is 269 g/mol. The van der Waals surface area contributed by atoms with E-state index in [-0.39, 0.29) is 0 Å². The SMILES string of the molecule is CCCCC(C)CCC(C)C(C)CCC(C)C(C)C. The van der Waals surface area contributed by atoms with Gasteiger partial charge in [0, 0.05) is 0 Å². The van der Waals surface area contributed by atoms with Crippen LogP contribution in [0, 0.1) is 29.6 Å². The van der Waals surface area contributed by atoms with Gasteiger partial charge >= 0.3 is 0 Å². The predicted molar refractivity (Wildman–Crippen MR) is 89.5 cm³/mol. The summed E-state index contributed by atoms with van der Waals surface area (Å²) in [5.41, 5.74) is 0. The average Bonchev–Trinajstić information content (AvgIpc) is 2.38. The second kappa shape index (κ2) is 10.7. The van der Waals surface area contributed by atoms with Gasteiger partial charge in [0.2, 0.25) is 0 Å². The van der Waals surface area contributed by atoms with Crippen LogP contribution in [0.5, 0.6) is 0 Å². The molecule has 0 saturated heterocycles. The van der Waals surface area contributed by atoms with E-state index in [4.69, 9.17) is 0 Å². The van der Waals surface area contributed by atoms with Gasteiger partial charge in [0.15, 0.2) is 0 Å². The maximum Gasteiger partial charge on any atom is -0.0417 e. The largest absolute Gasteiger partial charge is 0.0654 e. The summed E-state index contributed by atoms with van der Waals surface area (Å²) in [4.78, 5) is 0. The fraction of sp³-hybridized carbons (Fsp3) is 1.00. The van der Waals surface area contributed by atoms with Crippen LogP contribution in [0.3, 0.4) is 0 Å². The molecule has 0 spiro atoms. The topological polar surface area (TPSA) is 0 Å². The Kier molecular flexibility index (Phi) is 10.7. The second-order valence-electron chi connectivity index (χ2n) is 7.58. The van der Waals surface area contributed by atoms with Gasteiger partial charge < -0.3 is 0 Å². The Balaban J connectivity index is 3.77. The van der Waals surface area contributed by atoms with Crippen LogP contribution in [0.25, 0.3) is 0 Å². The standard InChI is InChI=1S/C19H40/c1-8-9-10-16(4)11-12-18(6)19(7)14-13-17(5)15(2)3/h15-19H,8-14H2,1-7H3. The van der Waals surface area contributed by atoms with Crippen molar-refractivity contribution in [2.75, 3.05) is 0 Å². The van der Waals surface area contributed by atoms with Crippen LogP contribution < -0.4 is 0 Å². The van der Waals surface area contributed by atoms with E-state index in [1.807, 2.05) is 0 Å². The molecule has 4 atom stereocenters. The van der Waals surface area contributed by atoms with Crippen molar-refractivity contribution < 1.29 is 0 Å². The molecule has 0 rings (SSSR count). The van der Waals surface area contributed by atoms with Crippen LogP contribution in [-0.4, -0.2) is 0 Å². The zero-order valence-electron chi connectivity index (χ0n) is 14.8. The van der Waals surface area contributed by atoms with Crippen molar-refractivity contribution in [1.29, 1.82) is 0 Å². The Morgan fingerprint density at radius 2 is 1.05 bits per heavy atom. The molecule has 0 aromatic rings. The summed E-state index contributed by atoms with van der Waals surface area (Å²) in [5, 5.41) is 0. The van der Waals surface area contributed by atoms with Crippen LogP contribution >= 0.6 is 0 Å². The van der Waals surface area contributed by atoms with Crippen molar-refractivity contribution in [3.8, 4) is 0 Å². The molecule has 0 amide bonds. The van der Waals surface area contributed by atoms with Crippen molar-refractivity contribution in [3.05, 3.63) is 0 Å². The monoisotopic (exact) mass is 268 g/mol. The first-order valence-corrected chi connectivity index (χ1v) is 8.88. The summed E-state index contributed by atoms with van der Waals surface area (Å²) in [6, 6.07) is 0. The first-order chi connectivity index (χ1) is 8.88. The molecular weight excluding hydrogens is 228 g/mol. The van der Waals surface area contributed by atoms with Crippen LogP contribution in [0.2, 0.25) is 0 Å². The maximum absolute atomic E-state index is 2.47. The fourth-order valence-electron chi connectivity index (χ4n) is 2.67. The summed E-state index contributed by atoms with van der Waals surface area (Å²) in [6.45, 7) is 16.8. The molecule has 0 fully saturated rings. The molecule has 0 bridgehead atoms. The first-order valence-electron chi connectivity index (χ1n) is 8.88. The molecule has 4 unspecified atom stereocenters. The Morgan fingerprint density at radius 3 is 1.53 bits per heavy atom. The Bertz CT molecular complexity index is 194. The predicted octanol–water partition coefficient (Wildman–Crippen LogP) is 6.94. The van der Waals surface area contributed by atoms with Crippen molar-refractivity contribution in [3.63, 3.8) is 0 Å². The van der Waals surface area contributed by atoms with E-state index in [1.54, 1.807) is 0 Å². The molecule has 0 aliphatic heterocycles. The highest BCUT2D eigenvalue weighted by atomic mass is 14.2. The lowest BCUT2D eigenvalue weighted by atomic mass is 9.82. The molecular formula is C19H40. The molecule has 0 aliphatic carbocycles. The minimum atomic E-state index is 0.844. The number of hydrogen-bond donors (Lipinski definition) is 0. The van der Waals surface area contributed by atoms with Gasteiger partial charge in [-0.1, -0.05) is 93.4 Å². The van der Waals surface area contributed by atoms with E-state index in [2.05, 4.69) is 48.5 Å². The smallest absolute Gasteiger partial charge is 0.0417 e. The van der Waals surface area contributed by atoms with E-state index in [9.17, 15) is 0 Å². The zero-order valence-corrected chi connectivity index (χ0v) is 14.8. The van der Waals surface area contributed by atoms with Gasteiger partial charge in [-0.2, -0.15) is 0 Å². The second-order valence-corrected chi connectivity index (χ2v) is 7.58. The number of unbranched alkanes of at least 4 members (excludes halogenated alkanes) is 1.